The lowest BCUT2D eigenvalue weighted by Gasteiger charge is -2.10. The molecule has 0 aliphatic carbocycles. The van der Waals surface area contributed by atoms with E-state index in [9.17, 15) is 9.59 Å². The molecule has 0 radical (unpaired) electrons. The molecule has 9 heteroatoms. The predicted molar refractivity (Wildman–Crippen MR) is 95.9 cm³/mol. The quantitative estimate of drug-likeness (QED) is 0.541. The van der Waals surface area contributed by atoms with Crippen molar-refractivity contribution in [1.82, 2.24) is 4.90 Å². The van der Waals surface area contributed by atoms with Crippen LogP contribution >= 0.6 is 55.8 Å². The molecule has 0 saturated carbocycles. The average molecular weight is 467 g/mol. The van der Waals surface area contributed by atoms with Crippen molar-refractivity contribution in [3.63, 3.8) is 0 Å². The van der Waals surface area contributed by atoms with Gasteiger partial charge in [0, 0.05) is 10.0 Å². The predicted octanol–water partition coefficient (Wildman–Crippen LogP) is 3.51. The first kappa shape index (κ1) is 17.5. The molecule has 1 aromatic rings. The number of rotatable bonds is 4. The molecule has 0 aromatic heterocycles. The number of benzene rings is 1. The van der Waals surface area contributed by atoms with Crippen LogP contribution in [-0.2, 0) is 9.59 Å². The number of ether oxygens (including phenoxy) is 1. The van der Waals surface area contributed by atoms with Gasteiger partial charge in [0.25, 0.3) is 5.91 Å². The fourth-order valence-electron chi connectivity index (χ4n) is 1.82. The molecule has 1 amide bonds. The Balaban J connectivity index is 2.41. The summed E-state index contributed by atoms with van der Waals surface area (Å²) in [6.45, 7) is -0.443. The zero-order valence-corrected chi connectivity index (χ0v) is 15.9. The second-order valence-corrected chi connectivity index (χ2v) is 7.62. The number of hydrogen-bond donors (Lipinski definition) is 1. The summed E-state index contributed by atoms with van der Waals surface area (Å²) >= 11 is 12.9. The first-order valence-electron chi connectivity index (χ1n) is 5.83. The van der Waals surface area contributed by atoms with Gasteiger partial charge in [-0.15, -0.1) is 0 Å². The molecule has 0 unspecified atom stereocenters. The number of aliphatic carboxylic acids is 1. The van der Waals surface area contributed by atoms with Gasteiger partial charge in [-0.2, -0.15) is 0 Å². The van der Waals surface area contributed by atoms with Gasteiger partial charge < -0.3 is 9.84 Å². The Labute approximate surface area is 152 Å². The number of thiocarbonyl (C=S) groups is 1. The van der Waals surface area contributed by atoms with Gasteiger partial charge in [-0.25, -0.2) is 0 Å². The topological polar surface area (TPSA) is 66.8 Å². The van der Waals surface area contributed by atoms with Crippen molar-refractivity contribution in [1.29, 1.82) is 0 Å². The van der Waals surface area contributed by atoms with Crippen LogP contribution < -0.4 is 4.74 Å². The number of hydrogen-bond acceptors (Lipinski definition) is 5. The van der Waals surface area contributed by atoms with E-state index in [-0.39, 0.29) is 4.32 Å². The van der Waals surface area contributed by atoms with Gasteiger partial charge in [0.2, 0.25) is 0 Å². The molecule has 22 heavy (non-hydrogen) atoms. The largest absolute Gasteiger partial charge is 0.495 e. The van der Waals surface area contributed by atoms with Gasteiger partial charge in [0.05, 0.1) is 16.5 Å². The monoisotopic (exact) mass is 465 g/mol. The summed E-state index contributed by atoms with van der Waals surface area (Å²) in [7, 11) is 1.53. The van der Waals surface area contributed by atoms with Crippen molar-refractivity contribution >= 4 is 78.1 Å². The first-order chi connectivity index (χ1) is 10.3. The van der Waals surface area contributed by atoms with Crippen molar-refractivity contribution < 1.29 is 19.4 Å². The van der Waals surface area contributed by atoms with Crippen molar-refractivity contribution in [2.45, 2.75) is 0 Å². The number of amides is 1. The Morgan fingerprint density at radius 1 is 1.50 bits per heavy atom. The number of carbonyl (C=O) groups excluding carboxylic acids is 1. The molecule has 0 spiro atoms. The summed E-state index contributed by atoms with van der Waals surface area (Å²) in [4.78, 5) is 24.5. The summed E-state index contributed by atoms with van der Waals surface area (Å²) < 4.78 is 7.10. The zero-order valence-electron chi connectivity index (χ0n) is 11.1. The molecule has 1 aliphatic heterocycles. The smallest absolute Gasteiger partial charge is 0.323 e. The van der Waals surface area contributed by atoms with Crippen LogP contribution in [0.5, 0.6) is 5.75 Å². The normalized spacial score (nSPS) is 16.5. The third-order valence-electron chi connectivity index (χ3n) is 2.69. The maximum absolute atomic E-state index is 12.2. The molecule has 0 bridgehead atoms. The minimum absolute atomic E-state index is 0.228. The highest BCUT2D eigenvalue weighted by molar-refractivity contribution is 9.11. The van der Waals surface area contributed by atoms with Gasteiger partial charge in [-0.1, -0.05) is 39.9 Å². The maximum Gasteiger partial charge on any atom is 0.323 e. The number of carbonyl (C=O) groups is 2. The van der Waals surface area contributed by atoms with Crippen LogP contribution in [0.25, 0.3) is 6.08 Å². The van der Waals surface area contributed by atoms with Crippen LogP contribution in [-0.4, -0.2) is 39.9 Å². The number of carboxylic acids is 1. The molecule has 1 fully saturated rings. The van der Waals surface area contributed by atoms with Gasteiger partial charge >= 0.3 is 5.97 Å². The van der Waals surface area contributed by atoms with Crippen LogP contribution in [0.15, 0.2) is 26.0 Å². The van der Waals surface area contributed by atoms with Crippen LogP contribution in [0, 0.1) is 0 Å². The second-order valence-electron chi connectivity index (χ2n) is 4.17. The maximum atomic E-state index is 12.2. The van der Waals surface area contributed by atoms with E-state index in [1.165, 1.54) is 7.11 Å². The minimum Gasteiger partial charge on any atom is -0.495 e. The molecule has 2 rings (SSSR count). The molecule has 116 valence electrons. The van der Waals surface area contributed by atoms with Gasteiger partial charge in [0.1, 0.15) is 16.6 Å². The van der Waals surface area contributed by atoms with Gasteiger partial charge in [-0.05, 0) is 34.1 Å². The fourth-order valence-corrected chi connectivity index (χ4v) is 4.48. The average Bonchev–Trinajstić information content (AvgIpc) is 2.65. The first-order valence-corrected chi connectivity index (χ1v) is 8.64. The Kier molecular flexibility index (Phi) is 5.65. The van der Waals surface area contributed by atoms with Crippen LogP contribution in [0.1, 0.15) is 5.56 Å². The lowest BCUT2D eigenvalue weighted by molar-refractivity contribution is -0.140. The molecule has 0 atom stereocenters. The number of carboxylic acid groups (broad SMARTS) is 1. The number of methoxy groups -OCH3 is 1. The van der Waals surface area contributed by atoms with Crippen LogP contribution in [0.3, 0.4) is 0 Å². The number of nitrogens with zero attached hydrogens (tertiary/aromatic N) is 1. The molecule has 5 nitrogen and oxygen atoms in total. The molecular weight excluding hydrogens is 458 g/mol. The van der Waals surface area contributed by atoms with E-state index in [4.69, 9.17) is 22.1 Å². The van der Waals surface area contributed by atoms with Gasteiger partial charge in [0.15, 0.2) is 0 Å². The van der Waals surface area contributed by atoms with E-state index in [2.05, 4.69) is 31.9 Å². The highest BCUT2D eigenvalue weighted by Gasteiger charge is 2.33. The Bertz CT molecular complexity index is 706. The summed E-state index contributed by atoms with van der Waals surface area (Å²) in [5.41, 5.74) is 0.680. The Morgan fingerprint density at radius 3 is 2.77 bits per heavy atom. The van der Waals surface area contributed by atoms with Crippen molar-refractivity contribution in [2.24, 2.45) is 0 Å². The molecule has 1 aromatic carbocycles. The third kappa shape index (κ3) is 3.70. The second kappa shape index (κ2) is 7.12. The van der Waals surface area contributed by atoms with Crippen molar-refractivity contribution in [2.75, 3.05) is 13.7 Å². The molecule has 1 heterocycles. The summed E-state index contributed by atoms with van der Waals surface area (Å²) in [6, 6.07) is 3.62. The highest BCUT2D eigenvalue weighted by Crippen LogP contribution is 2.38. The van der Waals surface area contributed by atoms with Crippen molar-refractivity contribution in [3.8, 4) is 5.75 Å². The molecule has 1 saturated heterocycles. The Morgan fingerprint density at radius 2 is 2.18 bits per heavy atom. The minimum atomic E-state index is -1.11. The van der Waals surface area contributed by atoms with Gasteiger partial charge in [-0.3, -0.25) is 14.5 Å². The fraction of sp³-hybridized carbons (Fsp3) is 0.154. The lowest BCUT2D eigenvalue weighted by atomic mass is 10.2. The van der Waals surface area contributed by atoms with Crippen LogP contribution in [0.2, 0.25) is 0 Å². The standard InChI is InChI=1S/C13H9Br2NO4S2/c1-20-11-6(2-7(14)4-8(11)15)3-9-12(19)16(5-10(17)18)13(21)22-9/h2-4H,5H2,1H3,(H,17,18). The van der Waals surface area contributed by atoms with E-state index in [1.807, 2.05) is 6.07 Å². The zero-order chi connectivity index (χ0) is 16.4. The van der Waals surface area contributed by atoms with E-state index < -0.39 is 18.4 Å². The molecule has 1 aliphatic rings. The summed E-state index contributed by atoms with van der Waals surface area (Å²) in [5, 5.41) is 8.83. The lowest BCUT2D eigenvalue weighted by Crippen LogP contribution is -2.33. The van der Waals surface area contributed by atoms with Crippen LogP contribution in [0.4, 0.5) is 0 Å². The van der Waals surface area contributed by atoms with E-state index in [0.717, 1.165) is 25.6 Å². The van der Waals surface area contributed by atoms with E-state index >= 15 is 0 Å². The molecule has 1 N–H and O–H groups in total. The Hall–Kier alpha value is -0.900. The third-order valence-corrected chi connectivity index (χ3v) is 5.12. The highest BCUT2D eigenvalue weighted by atomic mass is 79.9. The SMILES string of the molecule is COc1c(Br)cc(Br)cc1C=C1SC(=S)N(CC(=O)O)C1=O. The number of thioether (sulfide) groups is 1. The number of halogens is 2. The summed E-state index contributed by atoms with van der Waals surface area (Å²) in [5.74, 6) is -0.956. The van der Waals surface area contributed by atoms with E-state index in [1.54, 1.807) is 12.1 Å². The molecular formula is C13H9Br2NO4S2. The summed E-state index contributed by atoms with van der Waals surface area (Å²) in [6.07, 6.45) is 1.63. The van der Waals surface area contributed by atoms with E-state index in [0.29, 0.717) is 16.2 Å². The van der Waals surface area contributed by atoms with Crippen molar-refractivity contribution in [3.05, 3.63) is 31.5 Å².